The summed E-state index contributed by atoms with van der Waals surface area (Å²) in [6.07, 6.45) is 2.95. The summed E-state index contributed by atoms with van der Waals surface area (Å²) in [6, 6.07) is 18.0. The largest absolute Gasteiger partial charge is 0.360 e. The topological polar surface area (TPSA) is 92.5 Å². The zero-order valence-corrected chi connectivity index (χ0v) is 18.1. The van der Waals surface area contributed by atoms with Crippen molar-refractivity contribution in [3.05, 3.63) is 89.3 Å². The van der Waals surface area contributed by atoms with Crippen LogP contribution in [0.2, 0.25) is 0 Å². The number of nitrogens with zero attached hydrogens (tertiary/aromatic N) is 2. The Morgan fingerprint density at radius 3 is 2.52 bits per heavy atom. The van der Waals surface area contributed by atoms with Crippen LogP contribution in [0.25, 0.3) is 0 Å². The maximum atomic E-state index is 13.3. The van der Waals surface area contributed by atoms with E-state index in [0.717, 1.165) is 17.5 Å². The fourth-order valence-corrected chi connectivity index (χ4v) is 6.09. The number of rotatable bonds is 6. The van der Waals surface area contributed by atoms with Crippen LogP contribution in [-0.4, -0.2) is 29.8 Å². The molecule has 0 radical (unpaired) electrons. The second kappa shape index (κ2) is 9.03. The van der Waals surface area contributed by atoms with Gasteiger partial charge in [0.2, 0.25) is 10.0 Å². The van der Waals surface area contributed by atoms with Gasteiger partial charge in [-0.2, -0.15) is 4.31 Å². The van der Waals surface area contributed by atoms with Crippen molar-refractivity contribution in [3.63, 3.8) is 0 Å². The molecule has 1 aliphatic heterocycles. The molecule has 2 heterocycles. The van der Waals surface area contributed by atoms with E-state index < -0.39 is 15.3 Å². The Bertz CT molecular complexity index is 1110. The summed E-state index contributed by atoms with van der Waals surface area (Å²) in [6.45, 7) is 2.49. The van der Waals surface area contributed by atoms with Gasteiger partial charge in [-0.1, -0.05) is 47.6 Å². The standard InChI is InChI=1S/C23H25N3O4S/c1-17-7-12-22(19-5-3-2-4-6-19)31(28,29)26(17)16-18-8-10-20(11-9-18)23(27)24-15-21-13-14-25-30-21/h2-6,8-11,13-14,17,22H,7,12,15-16H2,1H3,(H,24,27)/t17-,22?/m0/s1. The molecule has 8 heteroatoms. The molecule has 1 saturated heterocycles. The first-order chi connectivity index (χ1) is 14.9. The Morgan fingerprint density at radius 1 is 1.10 bits per heavy atom. The number of hydrogen-bond donors (Lipinski definition) is 1. The van der Waals surface area contributed by atoms with Gasteiger partial charge in [0.25, 0.3) is 5.91 Å². The molecule has 0 spiro atoms. The highest BCUT2D eigenvalue weighted by molar-refractivity contribution is 7.89. The zero-order chi connectivity index (χ0) is 21.8. The molecule has 162 valence electrons. The summed E-state index contributed by atoms with van der Waals surface area (Å²) in [5.74, 6) is 0.341. The second-order valence-corrected chi connectivity index (χ2v) is 9.84. The second-order valence-electron chi connectivity index (χ2n) is 7.77. The number of amides is 1. The van der Waals surface area contributed by atoms with Gasteiger partial charge in [0.1, 0.15) is 5.25 Å². The van der Waals surface area contributed by atoms with Crippen molar-refractivity contribution >= 4 is 15.9 Å². The van der Waals surface area contributed by atoms with Gasteiger partial charge in [-0.15, -0.1) is 0 Å². The number of hydrogen-bond acceptors (Lipinski definition) is 5. The van der Waals surface area contributed by atoms with E-state index in [9.17, 15) is 13.2 Å². The van der Waals surface area contributed by atoms with Crippen LogP contribution in [0.15, 0.2) is 71.4 Å². The molecule has 2 aromatic carbocycles. The molecule has 1 amide bonds. The molecule has 3 aromatic rings. The molecule has 31 heavy (non-hydrogen) atoms. The van der Waals surface area contributed by atoms with E-state index in [4.69, 9.17) is 4.52 Å². The van der Waals surface area contributed by atoms with E-state index in [1.165, 1.54) is 6.20 Å². The van der Waals surface area contributed by atoms with Crippen molar-refractivity contribution in [1.82, 2.24) is 14.8 Å². The Labute approximate surface area is 182 Å². The Hall–Kier alpha value is -2.97. The highest BCUT2D eigenvalue weighted by Crippen LogP contribution is 2.37. The van der Waals surface area contributed by atoms with Gasteiger partial charge >= 0.3 is 0 Å². The summed E-state index contributed by atoms with van der Waals surface area (Å²) in [4.78, 5) is 12.3. The van der Waals surface area contributed by atoms with Crippen molar-refractivity contribution in [2.24, 2.45) is 0 Å². The lowest BCUT2D eigenvalue weighted by molar-refractivity contribution is 0.0947. The Kier molecular flexibility index (Phi) is 6.20. The van der Waals surface area contributed by atoms with Crippen LogP contribution in [0, 0.1) is 0 Å². The lowest BCUT2D eigenvalue weighted by Gasteiger charge is -2.37. The minimum absolute atomic E-state index is 0.0742. The van der Waals surface area contributed by atoms with E-state index in [-0.39, 0.29) is 25.0 Å². The number of benzene rings is 2. The minimum Gasteiger partial charge on any atom is -0.360 e. The lowest BCUT2D eigenvalue weighted by atomic mass is 10.0. The smallest absolute Gasteiger partial charge is 0.251 e. The molecule has 0 saturated carbocycles. The number of sulfonamides is 1. The molecular formula is C23H25N3O4S. The first kappa shape index (κ1) is 21.3. The third-order valence-electron chi connectivity index (χ3n) is 5.66. The lowest BCUT2D eigenvalue weighted by Crippen LogP contribution is -2.44. The monoisotopic (exact) mass is 439 g/mol. The predicted molar refractivity (Wildman–Crippen MR) is 116 cm³/mol. The highest BCUT2D eigenvalue weighted by Gasteiger charge is 2.40. The van der Waals surface area contributed by atoms with E-state index in [1.54, 1.807) is 34.6 Å². The molecule has 0 bridgehead atoms. The molecule has 1 unspecified atom stereocenters. The molecule has 1 aliphatic rings. The van der Waals surface area contributed by atoms with Crippen LogP contribution in [0.5, 0.6) is 0 Å². The summed E-state index contributed by atoms with van der Waals surface area (Å²) < 4.78 is 33.3. The van der Waals surface area contributed by atoms with Gasteiger partial charge in [0.15, 0.2) is 5.76 Å². The normalized spacial score (nSPS) is 20.9. The quantitative estimate of drug-likeness (QED) is 0.633. The number of nitrogens with one attached hydrogen (secondary N) is 1. The van der Waals surface area contributed by atoms with Gasteiger partial charge < -0.3 is 9.84 Å². The summed E-state index contributed by atoms with van der Waals surface area (Å²) in [5.41, 5.74) is 2.18. The van der Waals surface area contributed by atoms with Crippen molar-refractivity contribution in [2.75, 3.05) is 0 Å². The van der Waals surface area contributed by atoms with Crippen molar-refractivity contribution in [3.8, 4) is 0 Å². The zero-order valence-electron chi connectivity index (χ0n) is 17.3. The molecule has 1 fully saturated rings. The predicted octanol–water partition coefficient (Wildman–Crippen LogP) is 3.66. The molecule has 1 aromatic heterocycles. The number of carbonyl (C=O) groups is 1. The molecule has 7 nitrogen and oxygen atoms in total. The minimum atomic E-state index is -3.49. The molecule has 2 atom stereocenters. The van der Waals surface area contributed by atoms with Crippen LogP contribution in [0.3, 0.4) is 0 Å². The third-order valence-corrected chi connectivity index (χ3v) is 8.03. The third kappa shape index (κ3) is 4.70. The van der Waals surface area contributed by atoms with E-state index in [2.05, 4.69) is 10.5 Å². The average molecular weight is 440 g/mol. The highest BCUT2D eigenvalue weighted by atomic mass is 32.2. The first-order valence-electron chi connectivity index (χ1n) is 10.3. The van der Waals surface area contributed by atoms with Crippen molar-refractivity contribution < 1.29 is 17.7 Å². The van der Waals surface area contributed by atoms with Crippen LogP contribution < -0.4 is 5.32 Å². The van der Waals surface area contributed by atoms with Crippen LogP contribution >= 0.6 is 0 Å². The maximum Gasteiger partial charge on any atom is 0.251 e. The van der Waals surface area contributed by atoms with Gasteiger partial charge in [-0.05, 0) is 43.0 Å². The number of aromatic nitrogens is 1. The van der Waals surface area contributed by atoms with E-state index in [0.29, 0.717) is 17.7 Å². The summed E-state index contributed by atoms with van der Waals surface area (Å²) >= 11 is 0. The van der Waals surface area contributed by atoms with Crippen LogP contribution in [-0.2, 0) is 23.1 Å². The Balaban J connectivity index is 1.45. The first-order valence-corrected chi connectivity index (χ1v) is 11.8. The number of carbonyl (C=O) groups excluding carboxylic acids is 1. The van der Waals surface area contributed by atoms with Gasteiger partial charge in [-0.25, -0.2) is 8.42 Å². The average Bonchev–Trinajstić information content (AvgIpc) is 3.29. The maximum absolute atomic E-state index is 13.3. The summed E-state index contributed by atoms with van der Waals surface area (Å²) in [7, 11) is -3.49. The fraction of sp³-hybridized carbons (Fsp3) is 0.304. The Morgan fingerprint density at radius 2 is 1.84 bits per heavy atom. The molecule has 0 aliphatic carbocycles. The summed E-state index contributed by atoms with van der Waals surface area (Å²) in [5, 5.41) is 5.85. The fourth-order valence-electron chi connectivity index (χ4n) is 3.90. The molecular weight excluding hydrogens is 414 g/mol. The van der Waals surface area contributed by atoms with Crippen molar-refractivity contribution in [2.45, 2.75) is 44.1 Å². The van der Waals surface area contributed by atoms with Gasteiger partial charge in [-0.3, -0.25) is 4.79 Å². The molecule has 4 rings (SSSR count). The van der Waals surface area contributed by atoms with Crippen LogP contribution in [0.1, 0.15) is 52.3 Å². The van der Waals surface area contributed by atoms with E-state index in [1.807, 2.05) is 37.3 Å². The SMILES string of the molecule is C[C@H]1CCC(c2ccccc2)S(=O)(=O)N1Cc1ccc(C(=O)NCc2ccno2)cc1. The van der Waals surface area contributed by atoms with Crippen LogP contribution in [0.4, 0.5) is 0 Å². The van der Waals surface area contributed by atoms with Crippen molar-refractivity contribution in [1.29, 1.82) is 0 Å². The van der Waals surface area contributed by atoms with Gasteiger partial charge in [0, 0.05) is 24.2 Å². The van der Waals surface area contributed by atoms with Gasteiger partial charge in [0.05, 0.1) is 12.7 Å². The van der Waals surface area contributed by atoms with E-state index >= 15 is 0 Å². The molecule has 1 N–H and O–H groups in total.